The van der Waals surface area contributed by atoms with Gasteiger partial charge in [0.25, 0.3) is 0 Å². The lowest BCUT2D eigenvalue weighted by Crippen LogP contribution is -2.18. The summed E-state index contributed by atoms with van der Waals surface area (Å²) in [4.78, 5) is 4.36. The van der Waals surface area contributed by atoms with Gasteiger partial charge in [0, 0.05) is 6.42 Å². The van der Waals surface area contributed by atoms with E-state index in [9.17, 15) is 0 Å². The predicted molar refractivity (Wildman–Crippen MR) is 74.7 cm³/mol. The maximum absolute atomic E-state index is 5.99. The van der Waals surface area contributed by atoms with Gasteiger partial charge in [-0.2, -0.15) is 4.98 Å². The molecular formula is C15H21N3O. The topological polar surface area (TPSA) is 64.9 Å². The average molecular weight is 259 g/mol. The van der Waals surface area contributed by atoms with Crippen molar-refractivity contribution in [3.63, 3.8) is 0 Å². The van der Waals surface area contributed by atoms with Crippen LogP contribution in [0, 0.1) is 12.8 Å². The van der Waals surface area contributed by atoms with E-state index >= 15 is 0 Å². The first kappa shape index (κ1) is 13.7. The molecule has 1 unspecified atom stereocenters. The molecule has 0 saturated heterocycles. The summed E-state index contributed by atoms with van der Waals surface area (Å²) in [6, 6.07) is 8.34. The predicted octanol–water partition coefficient (Wildman–Crippen LogP) is 2.82. The van der Waals surface area contributed by atoms with Crippen molar-refractivity contribution in [1.82, 2.24) is 10.1 Å². The zero-order chi connectivity index (χ0) is 13.8. The highest BCUT2D eigenvalue weighted by molar-refractivity contribution is 5.21. The van der Waals surface area contributed by atoms with E-state index < -0.39 is 0 Å². The fourth-order valence-electron chi connectivity index (χ4n) is 1.81. The molecule has 1 aromatic heterocycles. The molecule has 0 amide bonds. The smallest absolute Gasteiger partial charge is 0.227 e. The fourth-order valence-corrected chi connectivity index (χ4v) is 1.81. The van der Waals surface area contributed by atoms with Crippen molar-refractivity contribution in [2.75, 3.05) is 0 Å². The third-order valence-electron chi connectivity index (χ3n) is 3.25. The Hall–Kier alpha value is -1.68. The van der Waals surface area contributed by atoms with Crippen LogP contribution in [0.15, 0.2) is 28.8 Å². The fraction of sp³-hybridized carbons (Fsp3) is 0.467. The van der Waals surface area contributed by atoms with Crippen LogP contribution in [0.3, 0.4) is 0 Å². The molecule has 2 aromatic rings. The summed E-state index contributed by atoms with van der Waals surface area (Å²) in [7, 11) is 0. The summed E-state index contributed by atoms with van der Waals surface area (Å²) in [6.45, 7) is 6.18. The number of hydrogen-bond donors (Lipinski definition) is 1. The zero-order valence-corrected chi connectivity index (χ0v) is 11.8. The second-order valence-electron chi connectivity index (χ2n) is 5.30. The van der Waals surface area contributed by atoms with E-state index in [1.54, 1.807) is 0 Å². The minimum absolute atomic E-state index is 0.156. The van der Waals surface area contributed by atoms with E-state index in [1.165, 1.54) is 11.1 Å². The summed E-state index contributed by atoms with van der Waals surface area (Å²) in [6.07, 6.45) is 1.65. The normalized spacial score (nSPS) is 12.9. The number of aromatic nitrogens is 2. The lowest BCUT2D eigenvalue weighted by Gasteiger charge is -2.09. The van der Waals surface area contributed by atoms with E-state index in [-0.39, 0.29) is 6.04 Å². The van der Waals surface area contributed by atoms with E-state index in [2.05, 4.69) is 41.3 Å². The van der Waals surface area contributed by atoms with Gasteiger partial charge in [-0.15, -0.1) is 0 Å². The van der Waals surface area contributed by atoms with E-state index in [1.807, 2.05) is 13.8 Å². The third-order valence-corrected chi connectivity index (χ3v) is 3.25. The third kappa shape index (κ3) is 3.64. The SMILES string of the molecule is Cc1ccc(CCc2nc(C(N)C(C)C)no2)cc1. The van der Waals surface area contributed by atoms with Crippen LogP contribution in [-0.4, -0.2) is 10.1 Å². The van der Waals surface area contributed by atoms with E-state index in [4.69, 9.17) is 10.3 Å². The van der Waals surface area contributed by atoms with Gasteiger partial charge < -0.3 is 10.3 Å². The van der Waals surface area contributed by atoms with Gasteiger partial charge in [0.2, 0.25) is 5.89 Å². The molecule has 0 aliphatic carbocycles. The van der Waals surface area contributed by atoms with Crippen LogP contribution >= 0.6 is 0 Å². The molecule has 4 heteroatoms. The van der Waals surface area contributed by atoms with Crippen LogP contribution in [0.25, 0.3) is 0 Å². The molecule has 0 radical (unpaired) electrons. The number of nitrogens with two attached hydrogens (primary N) is 1. The Labute approximate surface area is 114 Å². The number of aryl methyl sites for hydroxylation is 3. The Kier molecular flexibility index (Phi) is 4.32. The first-order chi connectivity index (χ1) is 9.06. The molecule has 0 fully saturated rings. The summed E-state index contributed by atoms with van der Waals surface area (Å²) in [5, 5.41) is 3.95. The van der Waals surface area contributed by atoms with Gasteiger partial charge in [0.1, 0.15) is 0 Å². The van der Waals surface area contributed by atoms with Gasteiger partial charge in [0.05, 0.1) is 6.04 Å². The van der Waals surface area contributed by atoms with Crippen molar-refractivity contribution in [3.8, 4) is 0 Å². The number of benzene rings is 1. The molecular weight excluding hydrogens is 238 g/mol. The Morgan fingerprint density at radius 2 is 1.84 bits per heavy atom. The molecule has 0 bridgehead atoms. The monoisotopic (exact) mass is 259 g/mol. The van der Waals surface area contributed by atoms with E-state index in [0.29, 0.717) is 17.6 Å². The van der Waals surface area contributed by atoms with Crippen molar-refractivity contribution in [2.24, 2.45) is 11.7 Å². The van der Waals surface area contributed by atoms with Gasteiger partial charge in [0.15, 0.2) is 5.82 Å². The van der Waals surface area contributed by atoms with Crippen molar-refractivity contribution in [2.45, 2.75) is 39.7 Å². The van der Waals surface area contributed by atoms with Gasteiger partial charge >= 0.3 is 0 Å². The molecule has 4 nitrogen and oxygen atoms in total. The maximum Gasteiger partial charge on any atom is 0.227 e. The largest absolute Gasteiger partial charge is 0.339 e. The molecule has 2 rings (SSSR count). The number of hydrogen-bond acceptors (Lipinski definition) is 4. The average Bonchev–Trinajstić information content (AvgIpc) is 2.86. The highest BCUT2D eigenvalue weighted by atomic mass is 16.5. The second-order valence-corrected chi connectivity index (χ2v) is 5.30. The molecule has 0 aliphatic heterocycles. The molecule has 19 heavy (non-hydrogen) atoms. The summed E-state index contributed by atoms with van der Waals surface area (Å²) < 4.78 is 5.24. The van der Waals surface area contributed by atoms with Crippen molar-refractivity contribution >= 4 is 0 Å². The molecule has 1 atom stereocenters. The highest BCUT2D eigenvalue weighted by Gasteiger charge is 2.17. The first-order valence-corrected chi connectivity index (χ1v) is 6.70. The second kappa shape index (κ2) is 5.97. The van der Waals surface area contributed by atoms with Crippen molar-refractivity contribution in [1.29, 1.82) is 0 Å². The Balaban J connectivity index is 1.95. The molecule has 102 valence electrons. The Bertz CT molecular complexity index is 516. The lowest BCUT2D eigenvalue weighted by molar-refractivity contribution is 0.363. The minimum atomic E-state index is -0.156. The summed E-state index contributed by atoms with van der Waals surface area (Å²) in [5.74, 6) is 1.57. The van der Waals surface area contributed by atoms with Crippen LogP contribution in [0.1, 0.15) is 42.7 Å². The van der Waals surface area contributed by atoms with Crippen LogP contribution in [0.4, 0.5) is 0 Å². The van der Waals surface area contributed by atoms with Crippen LogP contribution in [0.2, 0.25) is 0 Å². The quantitative estimate of drug-likeness (QED) is 0.896. The van der Waals surface area contributed by atoms with Crippen LogP contribution < -0.4 is 5.73 Å². The molecule has 0 aliphatic rings. The summed E-state index contributed by atoms with van der Waals surface area (Å²) >= 11 is 0. The molecule has 0 saturated carbocycles. The lowest BCUT2D eigenvalue weighted by atomic mass is 10.1. The maximum atomic E-state index is 5.99. The standard InChI is InChI=1S/C15H21N3O/c1-10(2)14(16)15-17-13(19-18-15)9-8-12-6-4-11(3)5-7-12/h4-7,10,14H,8-9,16H2,1-3H3. The molecule has 1 aromatic carbocycles. The first-order valence-electron chi connectivity index (χ1n) is 6.70. The van der Waals surface area contributed by atoms with Crippen molar-refractivity contribution in [3.05, 3.63) is 47.1 Å². The number of nitrogens with zero attached hydrogens (tertiary/aromatic N) is 2. The molecule has 2 N–H and O–H groups in total. The minimum Gasteiger partial charge on any atom is -0.339 e. The Morgan fingerprint density at radius 3 is 2.47 bits per heavy atom. The van der Waals surface area contributed by atoms with Crippen LogP contribution in [0.5, 0.6) is 0 Å². The van der Waals surface area contributed by atoms with Crippen LogP contribution in [-0.2, 0) is 12.8 Å². The zero-order valence-electron chi connectivity index (χ0n) is 11.8. The Morgan fingerprint density at radius 1 is 1.16 bits per heavy atom. The van der Waals surface area contributed by atoms with Gasteiger partial charge in [-0.25, -0.2) is 0 Å². The molecule has 1 heterocycles. The molecule has 0 spiro atoms. The van der Waals surface area contributed by atoms with Gasteiger partial charge in [-0.3, -0.25) is 0 Å². The number of rotatable bonds is 5. The van der Waals surface area contributed by atoms with Crippen molar-refractivity contribution < 1.29 is 4.52 Å². The summed E-state index contributed by atoms with van der Waals surface area (Å²) in [5.41, 5.74) is 8.54. The van der Waals surface area contributed by atoms with Gasteiger partial charge in [-0.05, 0) is 24.8 Å². The highest BCUT2D eigenvalue weighted by Crippen LogP contribution is 2.16. The van der Waals surface area contributed by atoms with E-state index in [0.717, 1.165) is 12.8 Å². The van der Waals surface area contributed by atoms with Gasteiger partial charge in [-0.1, -0.05) is 48.8 Å².